The molecule has 3 aliphatic rings. The first-order valence-corrected chi connectivity index (χ1v) is 15.1. The van der Waals surface area contributed by atoms with Gasteiger partial charge < -0.3 is 26.2 Å². The average molecular weight is 538 g/mol. The Morgan fingerprint density at radius 3 is 2.50 bits per heavy atom. The van der Waals surface area contributed by atoms with E-state index in [2.05, 4.69) is 82.9 Å². The van der Waals surface area contributed by atoms with Gasteiger partial charge in [-0.25, -0.2) is 0 Å². The predicted molar refractivity (Wildman–Crippen MR) is 167 cm³/mol. The lowest BCUT2D eigenvalue weighted by Crippen LogP contribution is -2.41. The second kappa shape index (κ2) is 11.3. The highest BCUT2D eigenvalue weighted by molar-refractivity contribution is 5.99. The lowest BCUT2D eigenvalue weighted by Gasteiger charge is -2.41. The van der Waals surface area contributed by atoms with Gasteiger partial charge >= 0.3 is 0 Å². The summed E-state index contributed by atoms with van der Waals surface area (Å²) in [5, 5.41) is 9.09. The third-order valence-corrected chi connectivity index (χ3v) is 9.09. The van der Waals surface area contributed by atoms with Crippen molar-refractivity contribution in [3.05, 3.63) is 76.5 Å². The topological polar surface area (TPSA) is 73.6 Å². The fraction of sp³-hybridized carbons (Fsp3) is 0.441. The molecule has 1 atom stereocenters. The van der Waals surface area contributed by atoms with Gasteiger partial charge in [-0.3, -0.25) is 4.79 Å². The van der Waals surface area contributed by atoms with Gasteiger partial charge in [0.05, 0.1) is 5.69 Å². The van der Waals surface area contributed by atoms with E-state index in [0.717, 1.165) is 57.2 Å². The van der Waals surface area contributed by atoms with Crippen molar-refractivity contribution in [3.8, 4) is 0 Å². The standard InChI is InChI=1S/C34H43N5O/c1-4-7-29(36-3)10-13-37-34(40)27-18-26-16-22(2)32(38-14-11-28(35)12-15-38)30-19-25-17-23-8-5-6-9-24(23)20-31(25)39(21-27)33(26)30/h5-6,8-9,16-17,20-21,28-29,36H,4,7,10-15,18-19,35H2,1-3H3,(H,37,40). The molecule has 1 amide bonds. The van der Waals surface area contributed by atoms with Gasteiger partial charge in [0, 0.05) is 73.3 Å². The van der Waals surface area contributed by atoms with E-state index in [1.165, 1.54) is 50.1 Å². The molecule has 1 saturated heterocycles. The van der Waals surface area contributed by atoms with Crippen LogP contribution in [0.2, 0.25) is 0 Å². The van der Waals surface area contributed by atoms with Crippen molar-refractivity contribution < 1.29 is 4.79 Å². The summed E-state index contributed by atoms with van der Waals surface area (Å²) in [6.45, 7) is 7.11. The molecule has 0 spiro atoms. The summed E-state index contributed by atoms with van der Waals surface area (Å²) in [6, 6.07) is 16.3. The number of carbonyl (C=O) groups excluding carboxylic acids is 1. The highest BCUT2D eigenvalue weighted by Gasteiger charge is 2.34. The molecule has 6 nitrogen and oxygen atoms in total. The number of hydrogen-bond acceptors (Lipinski definition) is 5. The molecule has 210 valence electrons. The molecule has 0 radical (unpaired) electrons. The molecule has 3 aliphatic heterocycles. The number of nitrogens with one attached hydrogen (secondary N) is 2. The SMILES string of the molecule is CCCC(CCNC(=O)C1=CN2c3cc4ccccc4cc3Cc3c(N4CCC(N)CC4)c(C)cc(c32)C1)NC. The third kappa shape index (κ3) is 4.99. The quantitative estimate of drug-likeness (QED) is 0.356. The van der Waals surface area contributed by atoms with Crippen molar-refractivity contribution in [1.29, 1.82) is 0 Å². The number of aryl methyl sites for hydroxylation is 1. The molecule has 3 heterocycles. The van der Waals surface area contributed by atoms with Crippen LogP contribution in [0.25, 0.3) is 10.8 Å². The molecule has 3 aromatic carbocycles. The molecule has 0 bridgehead atoms. The Morgan fingerprint density at radius 2 is 1.77 bits per heavy atom. The maximum absolute atomic E-state index is 13.5. The number of nitrogens with zero attached hydrogens (tertiary/aromatic N) is 2. The minimum atomic E-state index is 0.0400. The summed E-state index contributed by atoms with van der Waals surface area (Å²) in [6.07, 6.45) is 8.91. The number of hydrogen-bond donors (Lipinski definition) is 3. The number of benzene rings is 3. The van der Waals surface area contributed by atoms with Crippen molar-refractivity contribution in [1.82, 2.24) is 10.6 Å². The molecule has 6 heteroatoms. The van der Waals surface area contributed by atoms with Gasteiger partial charge in [-0.1, -0.05) is 43.7 Å². The zero-order valence-corrected chi connectivity index (χ0v) is 24.2. The first kappa shape index (κ1) is 26.9. The summed E-state index contributed by atoms with van der Waals surface area (Å²) in [7, 11) is 2.01. The maximum Gasteiger partial charge on any atom is 0.249 e. The van der Waals surface area contributed by atoms with Crippen molar-refractivity contribution in [3.63, 3.8) is 0 Å². The second-order valence-corrected chi connectivity index (χ2v) is 11.9. The molecule has 0 aliphatic carbocycles. The maximum atomic E-state index is 13.5. The number of amides is 1. The van der Waals surface area contributed by atoms with Crippen LogP contribution in [0, 0.1) is 6.92 Å². The van der Waals surface area contributed by atoms with E-state index in [1.807, 2.05) is 7.05 Å². The number of piperidine rings is 1. The van der Waals surface area contributed by atoms with Crippen LogP contribution < -0.4 is 26.2 Å². The Hall–Kier alpha value is -3.35. The van der Waals surface area contributed by atoms with E-state index in [1.54, 1.807) is 0 Å². The molecule has 1 unspecified atom stereocenters. The molecule has 4 N–H and O–H groups in total. The number of anilines is 3. The summed E-state index contributed by atoms with van der Waals surface area (Å²) < 4.78 is 0. The molecule has 3 aromatic rings. The van der Waals surface area contributed by atoms with E-state index in [0.29, 0.717) is 25.0 Å². The van der Waals surface area contributed by atoms with Crippen LogP contribution in [0.15, 0.2) is 54.2 Å². The summed E-state index contributed by atoms with van der Waals surface area (Å²) >= 11 is 0. The third-order valence-electron chi connectivity index (χ3n) is 9.09. The number of rotatable bonds is 8. The zero-order valence-electron chi connectivity index (χ0n) is 24.2. The van der Waals surface area contributed by atoms with Crippen molar-refractivity contribution in [2.24, 2.45) is 5.73 Å². The largest absolute Gasteiger partial charge is 0.371 e. The molecule has 0 aromatic heterocycles. The van der Waals surface area contributed by atoms with Crippen molar-refractivity contribution >= 4 is 33.7 Å². The lowest BCUT2D eigenvalue weighted by atomic mass is 9.84. The fourth-order valence-corrected chi connectivity index (χ4v) is 6.99. The van der Waals surface area contributed by atoms with Crippen molar-refractivity contribution in [2.75, 3.05) is 36.5 Å². The summed E-state index contributed by atoms with van der Waals surface area (Å²) in [4.78, 5) is 18.4. The number of nitrogens with two attached hydrogens (primary N) is 1. The summed E-state index contributed by atoms with van der Waals surface area (Å²) in [5.74, 6) is 0.0400. The first-order valence-electron chi connectivity index (χ1n) is 15.1. The van der Waals surface area contributed by atoms with Gasteiger partial charge in [-0.15, -0.1) is 0 Å². The number of fused-ring (bicyclic) bond motifs is 3. The average Bonchev–Trinajstić information content (AvgIpc) is 2.96. The van der Waals surface area contributed by atoms with Crippen LogP contribution in [0.5, 0.6) is 0 Å². The van der Waals surface area contributed by atoms with Gasteiger partial charge in [0.15, 0.2) is 0 Å². The van der Waals surface area contributed by atoms with E-state index >= 15 is 0 Å². The van der Waals surface area contributed by atoms with Gasteiger partial charge in [-0.2, -0.15) is 0 Å². The molecule has 1 fully saturated rings. The highest BCUT2D eigenvalue weighted by Crippen LogP contribution is 2.50. The summed E-state index contributed by atoms with van der Waals surface area (Å²) in [5.41, 5.74) is 16.2. The Bertz CT molecular complexity index is 1450. The van der Waals surface area contributed by atoms with Crippen LogP contribution in [-0.2, 0) is 17.6 Å². The molecular weight excluding hydrogens is 494 g/mol. The number of carbonyl (C=O) groups is 1. The Labute approximate surface area is 238 Å². The van der Waals surface area contributed by atoms with E-state index < -0.39 is 0 Å². The van der Waals surface area contributed by atoms with Gasteiger partial charge in [0.25, 0.3) is 0 Å². The zero-order chi connectivity index (χ0) is 27.8. The van der Waals surface area contributed by atoms with Crippen molar-refractivity contribution in [2.45, 2.75) is 70.9 Å². The molecule has 6 rings (SSSR count). The lowest BCUT2D eigenvalue weighted by molar-refractivity contribution is -0.117. The van der Waals surface area contributed by atoms with E-state index in [4.69, 9.17) is 5.73 Å². The Kier molecular flexibility index (Phi) is 7.56. The monoisotopic (exact) mass is 537 g/mol. The van der Waals surface area contributed by atoms with Gasteiger partial charge in [0.1, 0.15) is 0 Å². The van der Waals surface area contributed by atoms with E-state index in [9.17, 15) is 4.79 Å². The molecule has 40 heavy (non-hydrogen) atoms. The van der Waals surface area contributed by atoms with Gasteiger partial charge in [-0.05, 0) is 79.3 Å². The second-order valence-electron chi connectivity index (χ2n) is 11.9. The molecule has 0 saturated carbocycles. The Morgan fingerprint density at radius 1 is 1.02 bits per heavy atom. The smallest absolute Gasteiger partial charge is 0.249 e. The Balaban J connectivity index is 1.39. The van der Waals surface area contributed by atoms with Crippen LogP contribution in [0.3, 0.4) is 0 Å². The van der Waals surface area contributed by atoms with Crippen LogP contribution in [0.1, 0.15) is 61.3 Å². The highest BCUT2D eigenvalue weighted by atomic mass is 16.1. The van der Waals surface area contributed by atoms with E-state index in [-0.39, 0.29) is 5.91 Å². The van der Waals surface area contributed by atoms with Gasteiger partial charge in [0.2, 0.25) is 5.91 Å². The van der Waals surface area contributed by atoms with Crippen LogP contribution in [-0.4, -0.2) is 44.7 Å². The van der Waals surface area contributed by atoms with Crippen LogP contribution in [0.4, 0.5) is 17.1 Å². The molecular formula is C34H43N5O. The minimum absolute atomic E-state index is 0.0400. The van der Waals surface area contributed by atoms with Crippen LogP contribution >= 0.6 is 0 Å². The minimum Gasteiger partial charge on any atom is -0.371 e. The fourth-order valence-electron chi connectivity index (χ4n) is 6.99. The predicted octanol–water partition coefficient (Wildman–Crippen LogP) is 5.45. The normalized spacial score (nSPS) is 17.4. The first-order chi connectivity index (χ1) is 19.5.